The van der Waals surface area contributed by atoms with Gasteiger partial charge in [0.25, 0.3) is 5.91 Å². The van der Waals surface area contributed by atoms with Gasteiger partial charge in [-0.05, 0) is 69.1 Å². The van der Waals surface area contributed by atoms with Gasteiger partial charge in [0.05, 0.1) is 12.4 Å². The number of carbonyl (C=O) groups is 1. The summed E-state index contributed by atoms with van der Waals surface area (Å²) in [5, 5.41) is 3.17. The number of aryl methyl sites for hydroxylation is 1. The minimum atomic E-state index is -0.0458. The second-order valence-corrected chi connectivity index (χ2v) is 7.15. The maximum Gasteiger partial charge on any atom is 0.287 e. The second-order valence-electron chi connectivity index (χ2n) is 7.15. The molecule has 0 atom stereocenters. The zero-order valence-corrected chi connectivity index (χ0v) is 14.5. The third-order valence-corrected chi connectivity index (χ3v) is 5.37. The molecule has 1 heterocycles. The Morgan fingerprint density at radius 3 is 2.60 bits per heavy atom. The molecule has 1 saturated carbocycles. The fourth-order valence-corrected chi connectivity index (χ4v) is 3.98. The van der Waals surface area contributed by atoms with E-state index in [0.29, 0.717) is 5.76 Å². The van der Waals surface area contributed by atoms with E-state index in [4.69, 9.17) is 9.15 Å². The van der Waals surface area contributed by atoms with Crippen molar-refractivity contribution in [1.82, 2.24) is 5.32 Å². The van der Waals surface area contributed by atoms with Gasteiger partial charge in [-0.25, -0.2) is 0 Å². The number of hydrogen-bond acceptors (Lipinski definition) is 3. The Kier molecular flexibility index (Phi) is 4.77. The molecule has 25 heavy (non-hydrogen) atoms. The quantitative estimate of drug-likeness (QED) is 0.904. The Morgan fingerprint density at radius 2 is 1.80 bits per heavy atom. The van der Waals surface area contributed by atoms with Gasteiger partial charge in [-0.3, -0.25) is 4.79 Å². The summed E-state index contributed by atoms with van der Waals surface area (Å²) in [5.41, 5.74) is 2.35. The highest BCUT2D eigenvalue weighted by Crippen LogP contribution is 2.27. The van der Waals surface area contributed by atoms with Crippen LogP contribution in [0.2, 0.25) is 0 Å². The third kappa shape index (κ3) is 3.73. The van der Waals surface area contributed by atoms with Gasteiger partial charge >= 0.3 is 0 Å². The van der Waals surface area contributed by atoms with Crippen molar-refractivity contribution in [1.29, 1.82) is 0 Å². The number of benzene rings is 1. The first-order valence-corrected chi connectivity index (χ1v) is 9.41. The van der Waals surface area contributed by atoms with E-state index in [2.05, 4.69) is 5.32 Å². The van der Waals surface area contributed by atoms with Crippen LogP contribution in [0.25, 0.3) is 0 Å². The van der Waals surface area contributed by atoms with Gasteiger partial charge in [-0.1, -0.05) is 18.2 Å². The first kappa shape index (κ1) is 16.2. The molecule has 4 rings (SSSR count). The Hall–Kier alpha value is -2.23. The minimum absolute atomic E-state index is 0.0458. The molecule has 2 aromatic rings. The van der Waals surface area contributed by atoms with Gasteiger partial charge in [0.15, 0.2) is 5.76 Å². The summed E-state index contributed by atoms with van der Waals surface area (Å²) in [6, 6.07) is 10.2. The van der Waals surface area contributed by atoms with E-state index in [1.807, 2.05) is 30.3 Å². The Morgan fingerprint density at radius 1 is 1.04 bits per heavy atom. The zero-order chi connectivity index (χ0) is 17.1. The smallest absolute Gasteiger partial charge is 0.287 e. The van der Waals surface area contributed by atoms with Crippen molar-refractivity contribution in [2.75, 3.05) is 0 Å². The molecule has 1 N–H and O–H groups in total. The molecule has 1 aromatic heterocycles. The van der Waals surface area contributed by atoms with E-state index >= 15 is 0 Å². The predicted octanol–water partition coefficient (Wildman–Crippen LogP) is 4.28. The number of furan rings is 1. The standard InChI is InChI=1S/C21H25NO3/c23-21(20-19-9-5-4-6-15(19)14-24-20)22-16-10-12-18(13-11-16)25-17-7-2-1-3-8-17/h1-3,7-8,14,16,18H,4-6,9-13H2,(H,22,23). The third-order valence-electron chi connectivity index (χ3n) is 5.37. The molecule has 2 aliphatic carbocycles. The van der Waals surface area contributed by atoms with E-state index in [0.717, 1.165) is 56.3 Å². The fraction of sp³-hybridized carbons (Fsp3) is 0.476. The van der Waals surface area contributed by atoms with Crippen LogP contribution in [-0.4, -0.2) is 18.1 Å². The maximum absolute atomic E-state index is 12.6. The number of fused-ring (bicyclic) bond motifs is 1. The number of rotatable bonds is 4. The molecule has 1 amide bonds. The highest BCUT2D eigenvalue weighted by atomic mass is 16.5. The van der Waals surface area contributed by atoms with Crippen LogP contribution in [0.15, 0.2) is 41.0 Å². The maximum atomic E-state index is 12.6. The molecule has 0 aliphatic heterocycles. The minimum Gasteiger partial charge on any atom is -0.490 e. The molecule has 1 fully saturated rings. The fourth-order valence-electron chi connectivity index (χ4n) is 3.98. The highest BCUT2D eigenvalue weighted by Gasteiger charge is 2.27. The molecule has 1 aromatic carbocycles. The molecule has 4 heteroatoms. The van der Waals surface area contributed by atoms with Crippen LogP contribution in [0.3, 0.4) is 0 Å². The lowest BCUT2D eigenvalue weighted by molar-refractivity contribution is 0.0865. The second kappa shape index (κ2) is 7.34. The lowest BCUT2D eigenvalue weighted by Crippen LogP contribution is -2.39. The van der Waals surface area contributed by atoms with E-state index in [-0.39, 0.29) is 18.1 Å². The van der Waals surface area contributed by atoms with Crippen molar-refractivity contribution < 1.29 is 13.9 Å². The van der Waals surface area contributed by atoms with Crippen LogP contribution in [-0.2, 0) is 12.8 Å². The predicted molar refractivity (Wildman–Crippen MR) is 95.9 cm³/mol. The molecule has 0 spiro atoms. The summed E-state index contributed by atoms with van der Waals surface area (Å²) in [7, 11) is 0. The molecule has 0 bridgehead atoms. The van der Waals surface area contributed by atoms with Crippen LogP contribution in [0.5, 0.6) is 5.75 Å². The van der Waals surface area contributed by atoms with Crippen molar-refractivity contribution in [3.8, 4) is 5.75 Å². The lowest BCUT2D eigenvalue weighted by atomic mass is 9.92. The van der Waals surface area contributed by atoms with Gasteiger partial charge in [0.1, 0.15) is 5.75 Å². The number of hydrogen-bond donors (Lipinski definition) is 1. The molecule has 132 valence electrons. The zero-order valence-electron chi connectivity index (χ0n) is 14.5. The first-order chi connectivity index (χ1) is 12.3. The van der Waals surface area contributed by atoms with Crippen LogP contribution in [0.1, 0.15) is 60.2 Å². The van der Waals surface area contributed by atoms with Gasteiger partial charge in [-0.15, -0.1) is 0 Å². The molecule has 0 unspecified atom stereocenters. The SMILES string of the molecule is O=C(NC1CCC(Oc2ccccc2)CC1)c1occ2c1CCCC2. The highest BCUT2D eigenvalue weighted by molar-refractivity contribution is 5.93. The summed E-state index contributed by atoms with van der Waals surface area (Å²) in [6.45, 7) is 0. The molecule has 4 nitrogen and oxygen atoms in total. The Balaban J connectivity index is 1.30. The summed E-state index contributed by atoms with van der Waals surface area (Å²) in [4.78, 5) is 12.6. The topological polar surface area (TPSA) is 51.5 Å². The van der Waals surface area contributed by atoms with E-state index in [1.54, 1.807) is 6.26 Å². The first-order valence-electron chi connectivity index (χ1n) is 9.41. The number of nitrogens with one attached hydrogen (secondary N) is 1. The largest absolute Gasteiger partial charge is 0.490 e. The normalized spacial score (nSPS) is 22.9. The van der Waals surface area contributed by atoms with Crippen molar-refractivity contribution in [2.24, 2.45) is 0 Å². The average Bonchev–Trinajstić information content (AvgIpc) is 3.08. The van der Waals surface area contributed by atoms with Crippen molar-refractivity contribution in [3.63, 3.8) is 0 Å². The summed E-state index contributed by atoms with van der Waals surface area (Å²) >= 11 is 0. The van der Waals surface area contributed by atoms with E-state index in [9.17, 15) is 4.79 Å². The van der Waals surface area contributed by atoms with E-state index in [1.165, 1.54) is 12.0 Å². The van der Waals surface area contributed by atoms with E-state index < -0.39 is 0 Å². The molecular weight excluding hydrogens is 314 g/mol. The Labute approximate surface area is 148 Å². The summed E-state index contributed by atoms with van der Waals surface area (Å²) in [6.07, 6.45) is 10.2. The van der Waals surface area contributed by atoms with Crippen molar-refractivity contribution in [3.05, 3.63) is 53.5 Å². The number of ether oxygens (including phenoxy) is 1. The summed E-state index contributed by atoms with van der Waals surface area (Å²) in [5.74, 6) is 1.42. The average molecular weight is 339 g/mol. The van der Waals surface area contributed by atoms with Crippen molar-refractivity contribution >= 4 is 5.91 Å². The molecular formula is C21H25NO3. The summed E-state index contributed by atoms with van der Waals surface area (Å²) < 4.78 is 11.6. The number of para-hydroxylation sites is 1. The lowest BCUT2D eigenvalue weighted by Gasteiger charge is -2.29. The van der Waals surface area contributed by atoms with Crippen molar-refractivity contribution in [2.45, 2.75) is 63.5 Å². The molecule has 2 aliphatic rings. The van der Waals surface area contributed by atoms with Gasteiger partial charge < -0.3 is 14.5 Å². The van der Waals surface area contributed by atoms with Crippen LogP contribution in [0, 0.1) is 0 Å². The van der Waals surface area contributed by atoms with Gasteiger partial charge in [-0.2, -0.15) is 0 Å². The van der Waals surface area contributed by atoms with Crippen LogP contribution >= 0.6 is 0 Å². The van der Waals surface area contributed by atoms with Gasteiger partial charge in [0.2, 0.25) is 0 Å². The number of carbonyl (C=O) groups excluding carboxylic acids is 1. The number of amides is 1. The van der Waals surface area contributed by atoms with Crippen LogP contribution in [0.4, 0.5) is 0 Å². The van der Waals surface area contributed by atoms with Gasteiger partial charge in [0, 0.05) is 11.6 Å². The van der Waals surface area contributed by atoms with Crippen LogP contribution < -0.4 is 10.1 Å². The molecule has 0 saturated heterocycles. The molecule has 0 radical (unpaired) electrons. The monoisotopic (exact) mass is 339 g/mol. The Bertz CT molecular complexity index is 714.